The summed E-state index contributed by atoms with van der Waals surface area (Å²) in [6.45, 7) is 0.189. The first-order valence-corrected chi connectivity index (χ1v) is 12.3. The van der Waals surface area contributed by atoms with E-state index < -0.39 is 0 Å². The first-order chi connectivity index (χ1) is 17.6. The molecule has 1 amide bonds. The van der Waals surface area contributed by atoms with E-state index in [1.165, 1.54) is 11.8 Å². The van der Waals surface area contributed by atoms with Crippen LogP contribution in [0.2, 0.25) is 0 Å². The molecule has 8 nitrogen and oxygen atoms in total. The Morgan fingerprint density at radius 2 is 1.28 bits per heavy atom. The first-order valence-electron chi connectivity index (χ1n) is 11.3. The van der Waals surface area contributed by atoms with Crippen molar-refractivity contribution in [3.8, 4) is 0 Å². The van der Waals surface area contributed by atoms with Crippen LogP contribution in [0.25, 0.3) is 0 Å². The maximum atomic E-state index is 14.0. The van der Waals surface area contributed by atoms with E-state index in [4.69, 9.17) is 0 Å². The molecule has 3 aliphatic rings. The highest BCUT2D eigenvalue weighted by atomic mass is 32.2. The average Bonchev–Trinajstić information content (AvgIpc) is 3.35. The van der Waals surface area contributed by atoms with Gasteiger partial charge < -0.3 is 10.2 Å². The molecule has 0 spiro atoms. The quantitative estimate of drug-likeness (QED) is 0.558. The molecular weight excluding hydrogens is 474 g/mol. The number of fused-ring (bicyclic) bond motifs is 1. The van der Waals surface area contributed by atoms with Gasteiger partial charge in [0, 0.05) is 22.5 Å². The van der Waals surface area contributed by atoms with Crippen LogP contribution in [0, 0.1) is 0 Å². The molecule has 1 N–H and O–H groups in total. The number of nitrogens with one attached hydrogen (secondary N) is 1. The second kappa shape index (κ2) is 8.94. The number of rotatable bonds is 3. The number of nitrogens with zero attached hydrogens (tertiary/aromatic N) is 4. The van der Waals surface area contributed by atoms with Crippen molar-refractivity contribution in [2.24, 2.45) is 10.2 Å². The Morgan fingerprint density at radius 3 is 1.89 bits per heavy atom. The zero-order valence-corrected chi connectivity index (χ0v) is 19.7. The number of amidine groups is 2. The van der Waals surface area contributed by atoms with E-state index in [1.54, 1.807) is 29.2 Å². The van der Waals surface area contributed by atoms with E-state index >= 15 is 0 Å². The number of allylic oxidation sites excluding steroid dienone is 2. The van der Waals surface area contributed by atoms with Gasteiger partial charge in [-0.3, -0.25) is 19.3 Å². The van der Waals surface area contributed by atoms with Crippen LogP contribution in [0.15, 0.2) is 107 Å². The molecule has 2 aliphatic heterocycles. The van der Waals surface area contributed by atoms with Gasteiger partial charge in [0.15, 0.2) is 11.0 Å². The number of benzene rings is 3. The molecule has 0 atom stereocenters. The standard InChI is InChI=1S/C27H19N5O3S/c33-22-16-36-27(28-22)30-29-21-15-31(17-9-3-1-4-10-17)23-24(32(21)18-11-5-2-6-12-18)26(35)20-14-8-7-13-19(20)25(23)34/h1-14H,15-16H2,(H,28,30,33)/b29-21+. The summed E-state index contributed by atoms with van der Waals surface area (Å²) < 4.78 is 0. The molecule has 1 fully saturated rings. The molecule has 6 rings (SSSR count). The Hall–Kier alpha value is -4.50. The molecule has 2 heterocycles. The largest absolute Gasteiger partial charge is 0.329 e. The molecule has 176 valence electrons. The molecule has 3 aromatic carbocycles. The highest BCUT2D eigenvalue weighted by Gasteiger charge is 2.43. The van der Waals surface area contributed by atoms with Crippen LogP contribution in [0.1, 0.15) is 20.7 Å². The van der Waals surface area contributed by atoms with E-state index in [0.29, 0.717) is 33.5 Å². The number of ketones is 2. The van der Waals surface area contributed by atoms with Gasteiger partial charge in [0.25, 0.3) is 0 Å². The minimum absolute atomic E-state index is 0.136. The van der Waals surface area contributed by atoms with E-state index in [0.717, 1.165) is 5.69 Å². The fraction of sp³-hybridized carbons (Fsp3) is 0.0741. The Kier molecular flexibility index (Phi) is 5.46. The molecular formula is C27H19N5O3S. The summed E-state index contributed by atoms with van der Waals surface area (Å²) in [4.78, 5) is 43.0. The number of carbonyl (C=O) groups excluding carboxylic acids is 3. The van der Waals surface area contributed by atoms with Gasteiger partial charge in [-0.2, -0.15) is 0 Å². The number of anilines is 2. The molecule has 36 heavy (non-hydrogen) atoms. The van der Waals surface area contributed by atoms with Crippen molar-refractivity contribution in [1.29, 1.82) is 0 Å². The van der Waals surface area contributed by atoms with E-state index in [1.807, 2.05) is 65.6 Å². The summed E-state index contributed by atoms with van der Waals surface area (Å²) in [7, 11) is 0. The summed E-state index contributed by atoms with van der Waals surface area (Å²) >= 11 is 1.26. The van der Waals surface area contributed by atoms with Crippen molar-refractivity contribution >= 4 is 51.6 Å². The third-order valence-corrected chi connectivity index (χ3v) is 6.91. The second-order valence-electron chi connectivity index (χ2n) is 8.25. The summed E-state index contributed by atoms with van der Waals surface area (Å²) in [5.74, 6) is 0.0885. The van der Waals surface area contributed by atoms with Crippen molar-refractivity contribution in [2.75, 3.05) is 22.1 Å². The normalized spacial score (nSPS) is 19.6. The van der Waals surface area contributed by atoms with Crippen molar-refractivity contribution in [3.63, 3.8) is 0 Å². The number of amides is 1. The second-order valence-corrected chi connectivity index (χ2v) is 9.22. The summed E-state index contributed by atoms with van der Waals surface area (Å²) in [6, 6.07) is 25.6. The van der Waals surface area contributed by atoms with Crippen molar-refractivity contribution in [2.45, 2.75) is 0 Å². The topological polar surface area (TPSA) is 94.4 Å². The zero-order valence-electron chi connectivity index (χ0n) is 18.9. The molecule has 1 saturated heterocycles. The lowest BCUT2D eigenvalue weighted by Crippen LogP contribution is -2.52. The molecule has 0 radical (unpaired) electrons. The van der Waals surface area contributed by atoms with Crippen LogP contribution < -0.4 is 15.1 Å². The van der Waals surface area contributed by atoms with E-state index in [-0.39, 0.29) is 35.5 Å². The Labute approximate surface area is 211 Å². The van der Waals surface area contributed by atoms with Crippen LogP contribution in [-0.4, -0.2) is 40.8 Å². The summed E-state index contributed by atoms with van der Waals surface area (Å²) in [5, 5.41) is 11.8. The minimum Gasteiger partial charge on any atom is -0.329 e. The number of para-hydroxylation sites is 2. The van der Waals surface area contributed by atoms with Gasteiger partial charge in [0.2, 0.25) is 17.5 Å². The van der Waals surface area contributed by atoms with Crippen LogP contribution in [0.3, 0.4) is 0 Å². The van der Waals surface area contributed by atoms with Gasteiger partial charge in [-0.15, -0.1) is 10.2 Å². The van der Waals surface area contributed by atoms with Gasteiger partial charge in [-0.25, -0.2) is 0 Å². The lowest BCUT2D eigenvalue weighted by molar-refractivity contribution is -0.116. The average molecular weight is 494 g/mol. The Bertz CT molecular complexity index is 1500. The monoisotopic (exact) mass is 493 g/mol. The maximum Gasteiger partial charge on any atom is 0.236 e. The predicted octanol–water partition coefficient (Wildman–Crippen LogP) is 3.84. The minimum atomic E-state index is -0.270. The van der Waals surface area contributed by atoms with Gasteiger partial charge >= 0.3 is 0 Å². The van der Waals surface area contributed by atoms with Crippen LogP contribution in [0.4, 0.5) is 11.4 Å². The fourth-order valence-corrected chi connectivity index (χ4v) is 5.09. The zero-order chi connectivity index (χ0) is 24.6. The van der Waals surface area contributed by atoms with E-state index in [9.17, 15) is 14.4 Å². The van der Waals surface area contributed by atoms with Crippen LogP contribution in [0.5, 0.6) is 0 Å². The number of hydrogen-bond acceptors (Lipinski definition) is 7. The Balaban J connectivity index is 1.60. The predicted molar refractivity (Wildman–Crippen MR) is 140 cm³/mol. The SMILES string of the molecule is O=C1CS/C(=N\N=C2/CN(c3ccccc3)C3=C(C(=O)c4ccccc4C3=O)N2c2ccccc2)N1. The van der Waals surface area contributed by atoms with Crippen LogP contribution >= 0.6 is 11.8 Å². The lowest BCUT2D eigenvalue weighted by atomic mass is 9.87. The lowest BCUT2D eigenvalue weighted by Gasteiger charge is -2.41. The molecule has 0 bridgehead atoms. The highest BCUT2D eigenvalue weighted by Crippen LogP contribution is 2.38. The highest BCUT2D eigenvalue weighted by molar-refractivity contribution is 8.15. The van der Waals surface area contributed by atoms with E-state index in [2.05, 4.69) is 15.5 Å². The third kappa shape index (κ3) is 3.70. The van der Waals surface area contributed by atoms with Gasteiger partial charge in [-0.05, 0) is 24.3 Å². The van der Waals surface area contributed by atoms with Gasteiger partial charge in [0.05, 0.1) is 12.3 Å². The molecule has 0 saturated carbocycles. The molecule has 1 aliphatic carbocycles. The van der Waals surface area contributed by atoms with Crippen molar-refractivity contribution in [3.05, 3.63) is 107 Å². The third-order valence-electron chi connectivity index (χ3n) is 6.05. The molecule has 9 heteroatoms. The maximum absolute atomic E-state index is 14.0. The summed E-state index contributed by atoms with van der Waals surface area (Å²) in [5.41, 5.74) is 2.68. The Morgan fingerprint density at radius 1 is 0.694 bits per heavy atom. The van der Waals surface area contributed by atoms with Crippen molar-refractivity contribution in [1.82, 2.24) is 5.32 Å². The first kappa shape index (κ1) is 22.0. The summed E-state index contributed by atoms with van der Waals surface area (Å²) in [6.07, 6.45) is 0. The number of Topliss-reactive ketones (excluding diaryl/α,β-unsaturated/α-hetero) is 2. The number of thioether (sulfide) groups is 1. The smallest absolute Gasteiger partial charge is 0.236 e. The molecule has 0 aromatic heterocycles. The number of hydrogen-bond donors (Lipinski definition) is 1. The van der Waals surface area contributed by atoms with Gasteiger partial charge in [0.1, 0.15) is 11.4 Å². The molecule has 3 aromatic rings. The van der Waals surface area contributed by atoms with Crippen molar-refractivity contribution < 1.29 is 14.4 Å². The number of carbonyl (C=O) groups is 3. The van der Waals surface area contributed by atoms with Gasteiger partial charge in [-0.1, -0.05) is 72.4 Å². The van der Waals surface area contributed by atoms with Crippen LogP contribution in [-0.2, 0) is 4.79 Å². The molecule has 0 unspecified atom stereocenters. The fourth-order valence-electron chi connectivity index (χ4n) is 4.47.